The van der Waals surface area contributed by atoms with Gasteiger partial charge < -0.3 is 10.0 Å². The van der Waals surface area contributed by atoms with E-state index in [1.165, 1.54) is 4.52 Å². The normalized spacial score (nSPS) is 10.7. The zero-order valence-electron chi connectivity index (χ0n) is 9.66. The van der Waals surface area contributed by atoms with Gasteiger partial charge in [-0.1, -0.05) is 0 Å². The van der Waals surface area contributed by atoms with E-state index in [1.807, 2.05) is 24.8 Å². The molecule has 0 saturated carbocycles. The van der Waals surface area contributed by atoms with Gasteiger partial charge in [0.25, 0.3) is 5.82 Å². The Morgan fingerprint density at radius 3 is 2.65 bits per heavy atom. The first-order valence-corrected chi connectivity index (χ1v) is 5.38. The average molecular weight is 235 g/mol. The Morgan fingerprint density at radius 2 is 2.06 bits per heavy atom. The first kappa shape index (κ1) is 11.3. The van der Waals surface area contributed by atoms with E-state index in [4.69, 9.17) is 5.11 Å². The molecule has 0 aliphatic rings. The Morgan fingerprint density at radius 1 is 1.35 bits per heavy atom. The highest BCUT2D eigenvalue weighted by Gasteiger charge is 2.15. The molecule has 2 heterocycles. The van der Waals surface area contributed by atoms with Crippen LogP contribution < -0.4 is 4.90 Å². The van der Waals surface area contributed by atoms with Gasteiger partial charge >= 0.3 is 5.97 Å². The standard InChI is InChI=1S/C10H13N5O2/c1-3-14(4-2)8-6-5-7-11-12-9(10(16)17)15(7)13-8/h5-6H,3-4H2,1-2H3,(H,16,17). The predicted molar refractivity (Wildman–Crippen MR) is 61.3 cm³/mol. The van der Waals surface area contributed by atoms with Crippen LogP contribution in [0.1, 0.15) is 24.5 Å². The van der Waals surface area contributed by atoms with Gasteiger partial charge in [0, 0.05) is 13.1 Å². The maximum atomic E-state index is 10.9. The first-order valence-electron chi connectivity index (χ1n) is 5.38. The van der Waals surface area contributed by atoms with Gasteiger partial charge in [0.15, 0.2) is 5.65 Å². The predicted octanol–water partition coefficient (Wildman–Crippen LogP) is 0.669. The highest BCUT2D eigenvalue weighted by atomic mass is 16.4. The number of aromatic nitrogens is 4. The molecule has 2 rings (SSSR count). The van der Waals surface area contributed by atoms with Gasteiger partial charge in [0.05, 0.1) is 0 Å². The number of fused-ring (bicyclic) bond motifs is 1. The van der Waals surface area contributed by atoms with E-state index in [9.17, 15) is 4.79 Å². The molecule has 0 atom stereocenters. The summed E-state index contributed by atoms with van der Waals surface area (Å²) in [5, 5.41) is 20.5. The van der Waals surface area contributed by atoms with Gasteiger partial charge in [-0.2, -0.15) is 4.52 Å². The monoisotopic (exact) mass is 235 g/mol. The lowest BCUT2D eigenvalue weighted by molar-refractivity contribution is 0.0680. The minimum atomic E-state index is -1.14. The quantitative estimate of drug-likeness (QED) is 0.838. The molecule has 0 aromatic carbocycles. The summed E-state index contributed by atoms with van der Waals surface area (Å²) in [6, 6.07) is 3.52. The number of hydrogen-bond acceptors (Lipinski definition) is 5. The van der Waals surface area contributed by atoms with E-state index >= 15 is 0 Å². The number of carbonyl (C=O) groups is 1. The number of nitrogens with zero attached hydrogens (tertiary/aromatic N) is 5. The van der Waals surface area contributed by atoms with Crippen LogP contribution in [0.25, 0.3) is 5.65 Å². The summed E-state index contributed by atoms with van der Waals surface area (Å²) in [5.74, 6) is -0.597. The molecule has 0 bridgehead atoms. The molecule has 1 N–H and O–H groups in total. The van der Waals surface area contributed by atoms with Crippen LogP contribution >= 0.6 is 0 Å². The van der Waals surface area contributed by atoms with Crippen LogP contribution in [0.3, 0.4) is 0 Å². The SMILES string of the molecule is CCN(CC)c1ccc2nnc(C(=O)O)n2n1. The van der Waals surface area contributed by atoms with Crippen LogP contribution in [-0.4, -0.2) is 44.0 Å². The number of anilines is 1. The van der Waals surface area contributed by atoms with Gasteiger partial charge in [-0.3, -0.25) is 0 Å². The second kappa shape index (κ2) is 4.36. The molecule has 0 saturated heterocycles. The number of aromatic carboxylic acids is 1. The fourth-order valence-electron chi connectivity index (χ4n) is 1.63. The molecular weight excluding hydrogens is 222 g/mol. The minimum Gasteiger partial charge on any atom is -0.475 e. The maximum Gasteiger partial charge on any atom is 0.375 e. The molecule has 0 radical (unpaired) electrons. The third-order valence-electron chi connectivity index (χ3n) is 2.53. The number of carboxylic acids is 1. The van der Waals surface area contributed by atoms with Crippen molar-refractivity contribution in [3.8, 4) is 0 Å². The average Bonchev–Trinajstić information content (AvgIpc) is 2.73. The van der Waals surface area contributed by atoms with Crippen molar-refractivity contribution in [1.82, 2.24) is 19.8 Å². The summed E-state index contributed by atoms with van der Waals surface area (Å²) in [6.45, 7) is 5.64. The van der Waals surface area contributed by atoms with Crippen molar-refractivity contribution in [2.24, 2.45) is 0 Å². The Hall–Kier alpha value is -2.18. The van der Waals surface area contributed by atoms with Crippen molar-refractivity contribution in [2.75, 3.05) is 18.0 Å². The lowest BCUT2D eigenvalue weighted by Crippen LogP contribution is -2.24. The smallest absolute Gasteiger partial charge is 0.375 e. The Labute approximate surface area is 97.7 Å². The molecule has 0 unspecified atom stereocenters. The molecule has 0 fully saturated rings. The van der Waals surface area contributed by atoms with E-state index in [2.05, 4.69) is 15.3 Å². The highest BCUT2D eigenvalue weighted by Crippen LogP contribution is 2.11. The topological polar surface area (TPSA) is 83.6 Å². The molecule has 2 aromatic heterocycles. The Balaban J connectivity index is 2.54. The summed E-state index contributed by atoms with van der Waals surface area (Å²) < 4.78 is 1.25. The molecule has 0 amide bonds. The molecule has 2 aromatic rings. The van der Waals surface area contributed by atoms with Crippen molar-refractivity contribution >= 4 is 17.4 Å². The largest absolute Gasteiger partial charge is 0.475 e. The molecule has 90 valence electrons. The van der Waals surface area contributed by atoms with Crippen molar-refractivity contribution in [3.05, 3.63) is 18.0 Å². The zero-order chi connectivity index (χ0) is 12.4. The van der Waals surface area contributed by atoms with Crippen molar-refractivity contribution < 1.29 is 9.90 Å². The fourth-order valence-corrected chi connectivity index (χ4v) is 1.63. The van der Waals surface area contributed by atoms with E-state index in [0.29, 0.717) is 11.5 Å². The summed E-state index contributed by atoms with van der Waals surface area (Å²) in [4.78, 5) is 12.9. The molecule has 7 nitrogen and oxygen atoms in total. The minimum absolute atomic E-state index is 0.172. The third-order valence-corrected chi connectivity index (χ3v) is 2.53. The van der Waals surface area contributed by atoms with E-state index in [1.54, 1.807) is 6.07 Å². The summed E-state index contributed by atoms with van der Waals surface area (Å²) in [6.07, 6.45) is 0. The Bertz CT molecular complexity index is 547. The summed E-state index contributed by atoms with van der Waals surface area (Å²) in [5.41, 5.74) is 0.429. The van der Waals surface area contributed by atoms with Crippen LogP contribution in [0.15, 0.2) is 12.1 Å². The van der Waals surface area contributed by atoms with Gasteiger partial charge in [0.1, 0.15) is 5.82 Å². The number of hydrogen-bond donors (Lipinski definition) is 1. The lowest BCUT2D eigenvalue weighted by Gasteiger charge is -2.19. The first-order chi connectivity index (χ1) is 8.17. The maximum absolute atomic E-state index is 10.9. The van der Waals surface area contributed by atoms with Gasteiger partial charge in [-0.15, -0.1) is 15.3 Å². The van der Waals surface area contributed by atoms with Crippen LogP contribution in [0.2, 0.25) is 0 Å². The van der Waals surface area contributed by atoms with Gasteiger partial charge in [-0.25, -0.2) is 4.79 Å². The van der Waals surface area contributed by atoms with Crippen LogP contribution in [0.5, 0.6) is 0 Å². The second-order valence-electron chi connectivity index (χ2n) is 3.46. The third kappa shape index (κ3) is 1.91. The molecule has 7 heteroatoms. The van der Waals surface area contributed by atoms with Crippen LogP contribution in [0, 0.1) is 0 Å². The molecule has 17 heavy (non-hydrogen) atoms. The van der Waals surface area contributed by atoms with E-state index in [-0.39, 0.29) is 5.82 Å². The number of carboxylic acid groups (broad SMARTS) is 1. The fraction of sp³-hybridized carbons (Fsp3) is 0.400. The molecule has 0 aliphatic heterocycles. The summed E-state index contributed by atoms with van der Waals surface area (Å²) in [7, 11) is 0. The second-order valence-corrected chi connectivity index (χ2v) is 3.46. The molecular formula is C10H13N5O2. The number of rotatable bonds is 4. The molecule has 0 spiro atoms. The van der Waals surface area contributed by atoms with Crippen LogP contribution in [-0.2, 0) is 0 Å². The van der Waals surface area contributed by atoms with E-state index in [0.717, 1.165) is 13.1 Å². The van der Waals surface area contributed by atoms with E-state index < -0.39 is 5.97 Å². The Kier molecular flexibility index (Phi) is 2.90. The summed E-state index contributed by atoms with van der Waals surface area (Å²) >= 11 is 0. The van der Waals surface area contributed by atoms with Gasteiger partial charge in [-0.05, 0) is 26.0 Å². The zero-order valence-corrected chi connectivity index (χ0v) is 9.66. The molecule has 0 aliphatic carbocycles. The lowest BCUT2D eigenvalue weighted by atomic mass is 10.4. The van der Waals surface area contributed by atoms with Crippen molar-refractivity contribution in [3.63, 3.8) is 0 Å². The van der Waals surface area contributed by atoms with Crippen LogP contribution in [0.4, 0.5) is 5.82 Å². The van der Waals surface area contributed by atoms with Gasteiger partial charge in [0.2, 0.25) is 0 Å². The highest BCUT2D eigenvalue weighted by molar-refractivity contribution is 5.84. The van der Waals surface area contributed by atoms with Crippen molar-refractivity contribution in [2.45, 2.75) is 13.8 Å². The van der Waals surface area contributed by atoms with Crippen molar-refractivity contribution in [1.29, 1.82) is 0 Å².